The molecule has 3 aromatic rings. The number of anilines is 1. The first kappa shape index (κ1) is 25.6. The number of esters is 3. The van der Waals surface area contributed by atoms with Gasteiger partial charge in [0.1, 0.15) is 11.5 Å². The van der Waals surface area contributed by atoms with Crippen LogP contribution in [0.15, 0.2) is 70.7 Å². The van der Waals surface area contributed by atoms with E-state index >= 15 is 0 Å². The third-order valence-electron chi connectivity index (χ3n) is 6.25. The highest BCUT2D eigenvalue weighted by molar-refractivity contribution is 6.10. The standard InChI is InChI=1S/C26H26N4O7/c1-29(2)21-18(22(31)30-14-10-9-13-16(30)27-21)20-17(23(32)35-3)19(24(33)36-4)26(28-20,25(34)37-5)15-11-7-6-8-12-15/h6-14,20,28H,1-5H3/t20-,26-/m1/s1. The topological polar surface area (TPSA) is 129 Å². The highest BCUT2D eigenvalue weighted by Crippen LogP contribution is 2.46. The van der Waals surface area contributed by atoms with Gasteiger partial charge < -0.3 is 19.1 Å². The van der Waals surface area contributed by atoms with Gasteiger partial charge in [-0.15, -0.1) is 0 Å². The quantitative estimate of drug-likeness (QED) is 0.384. The van der Waals surface area contributed by atoms with Gasteiger partial charge in [-0.1, -0.05) is 36.4 Å². The van der Waals surface area contributed by atoms with Crippen LogP contribution in [0, 0.1) is 0 Å². The number of ether oxygens (including phenoxy) is 3. The van der Waals surface area contributed by atoms with Crippen LogP contribution in [0.1, 0.15) is 17.2 Å². The molecule has 0 spiro atoms. The maximum absolute atomic E-state index is 13.9. The lowest BCUT2D eigenvalue weighted by Crippen LogP contribution is -2.51. The number of carbonyl (C=O) groups is 3. The number of rotatable bonds is 6. The Morgan fingerprint density at radius 3 is 2.19 bits per heavy atom. The van der Waals surface area contributed by atoms with E-state index in [1.165, 1.54) is 10.6 Å². The molecule has 3 heterocycles. The summed E-state index contributed by atoms with van der Waals surface area (Å²) in [5, 5.41) is 3.09. The Bertz CT molecular complexity index is 1480. The second kappa shape index (κ2) is 9.86. The monoisotopic (exact) mass is 506 g/mol. The van der Waals surface area contributed by atoms with Gasteiger partial charge >= 0.3 is 17.9 Å². The minimum atomic E-state index is -2.00. The van der Waals surface area contributed by atoms with Gasteiger partial charge in [0, 0.05) is 20.3 Å². The molecule has 0 radical (unpaired) electrons. The van der Waals surface area contributed by atoms with Crippen LogP contribution in [-0.2, 0) is 34.1 Å². The minimum Gasteiger partial charge on any atom is -0.467 e. The summed E-state index contributed by atoms with van der Waals surface area (Å²) < 4.78 is 16.5. The highest BCUT2D eigenvalue weighted by atomic mass is 16.5. The molecule has 0 fully saturated rings. The number of hydrogen-bond acceptors (Lipinski definition) is 10. The highest BCUT2D eigenvalue weighted by Gasteiger charge is 2.59. The van der Waals surface area contributed by atoms with Crippen molar-refractivity contribution < 1.29 is 28.6 Å². The van der Waals surface area contributed by atoms with Crippen LogP contribution in [0.3, 0.4) is 0 Å². The van der Waals surface area contributed by atoms with Crippen LogP contribution >= 0.6 is 0 Å². The molecule has 0 bridgehead atoms. The Morgan fingerprint density at radius 2 is 1.59 bits per heavy atom. The lowest BCUT2D eigenvalue weighted by molar-refractivity contribution is -0.150. The van der Waals surface area contributed by atoms with E-state index in [0.717, 1.165) is 21.3 Å². The zero-order valence-corrected chi connectivity index (χ0v) is 21.0. The summed E-state index contributed by atoms with van der Waals surface area (Å²) >= 11 is 0. The summed E-state index contributed by atoms with van der Waals surface area (Å²) in [5.74, 6) is -2.55. The molecule has 11 nitrogen and oxygen atoms in total. The second-order valence-electron chi connectivity index (χ2n) is 8.43. The average molecular weight is 507 g/mol. The summed E-state index contributed by atoms with van der Waals surface area (Å²) in [5.41, 5.74) is -2.41. The van der Waals surface area contributed by atoms with Crippen molar-refractivity contribution in [1.82, 2.24) is 14.7 Å². The lowest BCUT2D eigenvalue weighted by atomic mass is 9.82. The van der Waals surface area contributed by atoms with E-state index in [1.807, 2.05) is 0 Å². The number of pyridine rings is 1. The fourth-order valence-corrected chi connectivity index (χ4v) is 4.65. The molecule has 4 rings (SSSR count). The first-order chi connectivity index (χ1) is 17.7. The van der Waals surface area contributed by atoms with Gasteiger partial charge in [0.25, 0.3) is 5.56 Å². The molecular formula is C26H26N4O7. The predicted molar refractivity (Wildman–Crippen MR) is 133 cm³/mol. The van der Waals surface area contributed by atoms with Crippen molar-refractivity contribution in [3.05, 3.63) is 87.4 Å². The van der Waals surface area contributed by atoms with Gasteiger partial charge in [0.05, 0.1) is 44.1 Å². The molecule has 0 amide bonds. The Kier molecular flexibility index (Phi) is 6.82. The Balaban J connectivity index is 2.17. The largest absolute Gasteiger partial charge is 0.467 e. The molecule has 11 heteroatoms. The number of aromatic nitrogens is 2. The normalized spacial score (nSPS) is 19.0. The van der Waals surface area contributed by atoms with E-state index in [1.54, 1.807) is 67.5 Å². The molecule has 1 aromatic carbocycles. The lowest BCUT2D eigenvalue weighted by Gasteiger charge is -2.31. The number of nitrogens with zero attached hydrogens (tertiary/aromatic N) is 3. The number of carbonyl (C=O) groups excluding carboxylic acids is 3. The third-order valence-corrected chi connectivity index (χ3v) is 6.25. The summed E-state index contributed by atoms with van der Waals surface area (Å²) in [4.78, 5) is 60.2. The molecule has 1 aliphatic heterocycles. The zero-order valence-electron chi connectivity index (χ0n) is 21.0. The molecule has 0 unspecified atom stereocenters. The molecule has 192 valence electrons. The summed E-state index contributed by atoms with van der Waals surface area (Å²) in [6.07, 6.45) is 1.54. The fourth-order valence-electron chi connectivity index (χ4n) is 4.65. The SMILES string of the molecule is COC(=O)C1=C(C(=O)OC)[C@@](C(=O)OC)(c2ccccc2)N[C@H]1c1c(N(C)C)nc2ccccn2c1=O. The third kappa shape index (κ3) is 3.93. The molecule has 37 heavy (non-hydrogen) atoms. The predicted octanol–water partition coefficient (Wildman–Crippen LogP) is 1.12. The Labute approximate surface area is 212 Å². The van der Waals surface area contributed by atoms with Crippen LogP contribution in [0.25, 0.3) is 5.65 Å². The maximum Gasteiger partial charge on any atom is 0.337 e. The minimum absolute atomic E-state index is 0.0252. The van der Waals surface area contributed by atoms with Crippen LogP contribution in [0.5, 0.6) is 0 Å². The van der Waals surface area contributed by atoms with Crippen molar-refractivity contribution in [2.24, 2.45) is 0 Å². The number of hydrogen-bond donors (Lipinski definition) is 1. The molecule has 0 saturated heterocycles. The van der Waals surface area contributed by atoms with Crippen molar-refractivity contribution in [1.29, 1.82) is 0 Å². The van der Waals surface area contributed by atoms with Gasteiger partial charge in [0.2, 0.25) is 0 Å². The van der Waals surface area contributed by atoms with Gasteiger partial charge in [-0.05, 0) is 17.7 Å². The molecule has 2 atom stereocenters. The Morgan fingerprint density at radius 1 is 0.946 bits per heavy atom. The van der Waals surface area contributed by atoms with Crippen molar-refractivity contribution >= 4 is 29.4 Å². The van der Waals surface area contributed by atoms with E-state index in [9.17, 15) is 19.2 Å². The van der Waals surface area contributed by atoms with E-state index in [2.05, 4.69) is 10.3 Å². The van der Waals surface area contributed by atoms with Gasteiger partial charge in [-0.25, -0.2) is 19.4 Å². The van der Waals surface area contributed by atoms with Crippen molar-refractivity contribution in [2.45, 2.75) is 11.6 Å². The Hall–Kier alpha value is -4.51. The van der Waals surface area contributed by atoms with Crippen LogP contribution in [-0.4, -0.2) is 62.7 Å². The van der Waals surface area contributed by atoms with E-state index in [-0.39, 0.29) is 22.5 Å². The smallest absolute Gasteiger partial charge is 0.337 e. The van der Waals surface area contributed by atoms with Crippen LogP contribution in [0.2, 0.25) is 0 Å². The summed E-state index contributed by atoms with van der Waals surface area (Å²) in [6.45, 7) is 0. The first-order valence-electron chi connectivity index (χ1n) is 11.2. The van der Waals surface area contributed by atoms with E-state index in [4.69, 9.17) is 14.2 Å². The number of benzene rings is 1. The van der Waals surface area contributed by atoms with Gasteiger partial charge in [-0.3, -0.25) is 14.5 Å². The van der Waals surface area contributed by atoms with Gasteiger partial charge in [0.15, 0.2) is 5.54 Å². The van der Waals surface area contributed by atoms with E-state index < -0.39 is 35.0 Å². The summed E-state index contributed by atoms with van der Waals surface area (Å²) in [6, 6.07) is 12.0. The molecule has 0 saturated carbocycles. The van der Waals surface area contributed by atoms with Crippen molar-refractivity contribution in [3.8, 4) is 0 Å². The first-order valence-corrected chi connectivity index (χ1v) is 11.2. The van der Waals surface area contributed by atoms with Crippen LogP contribution in [0.4, 0.5) is 5.82 Å². The van der Waals surface area contributed by atoms with Crippen LogP contribution < -0.4 is 15.8 Å². The average Bonchev–Trinajstić information content (AvgIpc) is 3.28. The zero-order chi connectivity index (χ0) is 26.9. The molecule has 1 N–H and O–H groups in total. The van der Waals surface area contributed by atoms with Crippen molar-refractivity contribution in [3.63, 3.8) is 0 Å². The fraction of sp³-hybridized carbons (Fsp3) is 0.269. The number of fused-ring (bicyclic) bond motifs is 1. The molecule has 2 aromatic heterocycles. The molecular weight excluding hydrogens is 480 g/mol. The van der Waals surface area contributed by atoms with E-state index in [0.29, 0.717) is 11.2 Å². The molecule has 0 aliphatic carbocycles. The number of nitrogens with one attached hydrogen (secondary N) is 1. The van der Waals surface area contributed by atoms with Gasteiger partial charge in [-0.2, -0.15) is 0 Å². The second-order valence-corrected chi connectivity index (χ2v) is 8.43. The number of methoxy groups -OCH3 is 3. The van der Waals surface area contributed by atoms with Crippen molar-refractivity contribution in [2.75, 3.05) is 40.3 Å². The summed E-state index contributed by atoms with van der Waals surface area (Å²) in [7, 11) is 6.80. The molecule has 1 aliphatic rings. The maximum atomic E-state index is 13.9.